The van der Waals surface area contributed by atoms with Crippen molar-refractivity contribution in [3.05, 3.63) is 27.7 Å². The Morgan fingerprint density at radius 3 is 2.61 bits per heavy atom. The quantitative estimate of drug-likeness (QED) is 0.375. The molecule has 0 saturated carbocycles. The van der Waals surface area contributed by atoms with E-state index in [-0.39, 0.29) is 11.1 Å². The van der Waals surface area contributed by atoms with Gasteiger partial charge in [0.25, 0.3) is 5.91 Å². The number of carbonyl (C=O) groups is 2. The van der Waals surface area contributed by atoms with E-state index >= 15 is 0 Å². The Hall–Kier alpha value is -1.60. The van der Waals surface area contributed by atoms with Crippen LogP contribution in [-0.2, 0) is 0 Å². The van der Waals surface area contributed by atoms with Gasteiger partial charge >= 0.3 is 5.97 Å². The average Bonchev–Trinajstić information content (AvgIpc) is 2.35. The van der Waals surface area contributed by atoms with Crippen LogP contribution >= 0.6 is 15.9 Å². The summed E-state index contributed by atoms with van der Waals surface area (Å²) in [5.74, 6) is 3.44. The Morgan fingerprint density at radius 1 is 1.44 bits per heavy atom. The van der Waals surface area contributed by atoms with E-state index in [0.717, 1.165) is 6.42 Å². The largest absolute Gasteiger partial charge is 0.478 e. The number of aromatic carboxylic acids is 1. The molecule has 0 heterocycles. The van der Waals surface area contributed by atoms with E-state index in [1.54, 1.807) is 0 Å². The number of nitrogens with two attached hydrogens (primary N) is 1. The Balaban J connectivity index is 3.30. The molecule has 0 radical (unpaired) electrons. The number of halogens is 1. The van der Waals surface area contributed by atoms with Gasteiger partial charge in [-0.25, -0.2) is 10.6 Å². The van der Waals surface area contributed by atoms with E-state index in [1.165, 1.54) is 12.1 Å². The van der Waals surface area contributed by atoms with Gasteiger partial charge in [-0.05, 0) is 34.5 Å². The molecule has 0 aromatic heterocycles. The molecular formula is C11H14BrN3O3. The predicted molar refractivity (Wildman–Crippen MR) is 71.5 cm³/mol. The fourth-order valence-corrected chi connectivity index (χ4v) is 2.02. The Kier molecular flexibility index (Phi) is 5.11. The van der Waals surface area contributed by atoms with Crippen molar-refractivity contribution in [2.75, 3.05) is 11.9 Å². The van der Waals surface area contributed by atoms with Crippen molar-refractivity contribution < 1.29 is 14.7 Å². The third-order valence-corrected chi connectivity index (χ3v) is 2.89. The van der Waals surface area contributed by atoms with Crippen molar-refractivity contribution in [1.29, 1.82) is 0 Å². The van der Waals surface area contributed by atoms with Crippen molar-refractivity contribution in [3.63, 3.8) is 0 Å². The standard InChI is InChI=1S/C11H14BrN3O3/c1-2-3-14-9-7(10(16)15-13)4-6(11(17)18)5-8(9)12/h4-5,14H,2-3,13H2,1H3,(H,15,16)(H,17,18). The topological polar surface area (TPSA) is 104 Å². The average molecular weight is 316 g/mol. The highest BCUT2D eigenvalue weighted by Crippen LogP contribution is 2.28. The van der Waals surface area contributed by atoms with Crippen LogP contribution in [-0.4, -0.2) is 23.5 Å². The van der Waals surface area contributed by atoms with Crippen LogP contribution in [0.3, 0.4) is 0 Å². The Morgan fingerprint density at radius 2 is 2.11 bits per heavy atom. The number of carboxylic acid groups (broad SMARTS) is 1. The first-order valence-electron chi connectivity index (χ1n) is 5.32. The van der Waals surface area contributed by atoms with Crippen molar-refractivity contribution in [2.24, 2.45) is 5.84 Å². The number of nitrogens with one attached hydrogen (secondary N) is 2. The summed E-state index contributed by atoms with van der Waals surface area (Å²) in [6, 6.07) is 2.72. The van der Waals surface area contributed by atoms with Crippen molar-refractivity contribution in [2.45, 2.75) is 13.3 Å². The van der Waals surface area contributed by atoms with Crippen LogP contribution in [0.25, 0.3) is 0 Å². The molecule has 1 aromatic carbocycles. The van der Waals surface area contributed by atoms with Gasteiger partial charge in [0.15, 0.2) is 0 Å². The van der Waals surface area contributed by atoms with Crippen LogP contribution < -0.4 is 16.6 Å². The van der Waals surface area contributed by atoms with Gasteiger partial charge in [-0.15, -0.1) is 0 Å². The smallest absolute Gasteiger partial charge is 0.335 e. The summed E-state index contributed by atoms with van der Waals surface area (Å²) in [7, 11) is 0. The van der Waals surface area contributed by atoms with E-state index in [0.29, 0.717) is 16.7 Å². The number of benzene rings is 1. The van der Waals surface area contributed by atoms with E-state index in [2.05, 4.69) is 21.2 Å². The summed E-state index contributed by atoms with van der Waals surface area (Å²) in [5, 5.41) is 12.0. The zero-order valence-electron chi connectivity index (χ0n) is 9.79. The maximum Gasteiger partial charge on any atom is 0.335 e. The summed E-state index contributed by atoms with van der Waals surface area (Å²) in [6.45, 7) is 2.64. The molecule has 98 valence electrons. The zero-order chi connectivity index (χ0) is 13.7. The SMILES string of the molecule is CCCNc1c(Br)cc(C(=O)O)cc1C(=O)NN. The number of hydrogen-bond donors (Lipinski definition) is 4. The number of nitrogen functional groups attached to an aromatic ring is 1. The minimum atomic E-state index is -1.11. The maximum absolute atomic E-state index is 11.6. The molecule has 7 heteroatoms. The normalized spacial score (nSPS) is 9.94. The van der Waals surface area contributed by atoms with E-state index in [4.69, 9.17) is 10.9 Å². The molecule has 0 fully saturated rings. The minimum absolute atomic E-state index is 0.0162. The first-order valence-corrected chi connectivity index (χ1v) is 6.12. The van der Waals surface area contributed by atoms with Crippen LogP contribution in [0.1, 0.15) is 34.1 Å². The number of rotatable bonds is 5. The lowest BCUT2D eigenvalue weighted by atomic mass is 10.1. The molecule has 0 aliphatic heterocycles. The number of anilines is 1. The predicted octanol–water partition coefficient (Wildman–Crippen LogP) is 1.57. The molecule has 0 atom stereocenters. The lowest BCUT2D eigenvalue weighted by Crippen LogP contribution is -2.31. The fraction of sp³-hybridized carbons (Fsp3) is 0.273. The fourth-order valence-electron chi connectivity index (χ4n) is 1.42. The molecule has 1 rings (SSSR count). The minimum Gasteiger partial charge on any atom is -0.478 e. The highest BCUT2D eigenvalue weighted by Gasteiger charge is 2.17. The molecule has 6 nitrogen and oxygen atoms in total. The molecule has 0 bridgehead atoms. The van der Waals surface area contributed by atoms with Crippen LogP contribution in [0.2, 0.25) is 0 Å². The van der Waals surface area contributed by atoms with Gasteiger partial charge in [-0.1, -0.05) is 6.92 Å². The van der Waals surface area contributed by atoms with Gasteiger partial charge in [0, 0.05) is 11.0 Å². The number of amides is 1. The van der Waals surface area contributed by atoms with Gasteiger partial charge in [0.05, 0.1) is 16.8 Å². The second kappa shape index (κ2) is 6.36. The van der Waals surface area contributed by atoms with Crippen molar-refractivity contribution in [3.8, 4) is 0 Å². The number of hydrazine groups is 1. The molecule has 1 aromatic rings. The highest BCUT2D eigenvalue weighted by atomic mass is 79.9. The summed E-state index contributed by atoms with van der Waals surface area (Å²) < 4.78 is 0.509. The third kappa shape index (κ3) is 3.21. The van der Waals surface area contributed by atoms with Crippen LogP contribution in [0, 0.1) is 0 Å². The molecule has 1 amide bonds. The Bertz CT molecular complexity index is 477. The summed E-state index contributed by atoms with van der Waals surface area (Å²) in [6.07, 6.45) is 0.872. The molecule has 0 unspecified atom stereocenters. The van der Waals surface area contributed by atoms with Crippen LogP contribution in [0.15, 0.2) is 16.6 Å². The van der Waals surface area contributed by atoms with E-state index < -0.39 is 11.9 Å². The molecule has 18 heavy (non-hydrogen) atoms. The van der Waals surface area contributed by atoms with E-state index in [1.807, 2.05) is 12.3 Å². The zero-order valence-corrected chi connectivity index (χ0v) is 11.4. The maximum atomic E-state index is 11.6. The second-order valence-electron chi connectivity index (χ2n) is 3.59. The summed E-state index contributed by atoms with van der Waals surface area (Å²) >= 11 is 3.25. The Labute approximate surface area is 113 Å². The van der Waals surface area contributed by atoms with Gasteiger partial charge in [0.2, 0.25) is 0 Å². The van der Waals surface area contributed by atoms with Crippen LogP contribution in [0.5, 0.6) is 0 Å². The molecule has 0 aliphatic rings. The second-order valence-corrected chi connectivity index (χ2v) is 4.44. The lowest BCUT2D eigenvalue weighted by molar-refractivity contribution is 0.0697. The highest BCUT2D eigenvalue weighted by molar-refractivity contribution is 9.10. The van der Waals surface area contributed by atoms with Crippen molar-refractivity contribution in [1.82, 2.24) is 5.43 Å². The van der Waals surface area contributed by atoms with Gasteiger partial charge in [-0.3, -0.25) is 10.2 Å². The molecule has 0 spiro atoms. The monoisotopic (exact) mass is 315 g/mol. The lowest BCUT2D eigenvalue weighted by Gasteiger charge is -2.13. The summed E-state index contributed by atoms with van der Waals surface area (Å²) in [4.78, 5) is 22.6. The van der Waals surface area contributed by atoms with E-state index in [9.17, 15) is 9.59 Å². The van der Waals surface area contributed by atoms with Crippen LogP contribution in [0.4, 0.5) is 5.69 Å². The first-order chi connectivity index (χ1) is 8.51. The molecule has 5 N–H and O–H groups in total. The molecule has 0 saturated heterocycles. The first kappa shape index (κ1) is 14.5. The summed E-state index contributed by atoms with van der Waals surface area (Å²) in [5.41, 5.74) is 2.74. The number of carbonyl (C=O) groups excluding carboxylic acids is 1. The van der Waals surface area contributed by atoms with Crippen molar-refractivity contribution >= 4 is 33.5 Å². The molecular weight excluding hydrogens is 302 g/mol. The van der Waals surface area contributed by atoms with Gasteiger partial charge in [-0.2, -0.15) is 0 Å². The molecule has 0 aliphatic carbocycles. The van der Waals surface area contributed by atoms with Gasteiger partial charge in [0.1, 0.15) is 0 Å². The number of hydrogen-bond acceptors (Lipinski definition) is 4. The number of carboxylic acids is 1. The third-order valence-electron chi connectivity index (χ3n) is 2.26. The van der Waals surface area contributed by atoms with Gasteiger partial charge < -0.3 is 10.4 Å².